The molecule has 0 radical (unpaired) electrons. The molecular weight excluding hydrogens is 346 g/mol. The molecule has 0 atom stereocenters. The summed E-state index contributed by atoms with van der Waals surface area (Å²) in [6, 6.07) is 9.21. The third kappa shape index (κ3) is 4.03. The van der Waals surface area contributed by atoms with Gasteiger partial charge >= 0.3 is 0 Å². The Hall–Kier alpha value is -2.50. The first kappa shape index (κ1) is 16.9. The molecule has 11 heteroatoms. The van der Waals surface area contributed by atoms with Crippen LogP contribution in [0.1, 0.15) is 0 Å². The van der Waals surface area contributed by atoms with E-state index in [9.17, 15) is 26.9 Å². The van der Waals surface area contributed by atoms with Crippen LogP contribution in [0, 0.1) is 10.1 Å². The fourth-order valence-corrected chi connectivity index (χ4v) is 3.27. The largest absolute Gasteiger partial charge is 0.279 e. The lowest BCUT2D eigenvalue weighted by atomic mass is 10.3. The highest BCUT2D eigenvalue weighted by molar-refractivity contribution is 7.92. The van der Waals surface area contributed by atoms with Crippen molar-refractivity contribution >= 4 is 31.4 Å². The van der Waals surface area contributed by atoms with Crippen LogP contribution in [-0.2, 0) is 20.0 Å². The second-order valence-electron chi connectivity index (χ2n) is 4.43. The molecule has 2 rings (SSSR count). The standard InChI is InChI=1S/C12H11N3O6S2/c13-22(18,19)11-4-6-12(7-5-11)23(20,21)14-9-2-1-3-10(8-9)15(16)17/h1-8,14H,(H2,13,18,19). The predicted molar refractivity (Wildman–Crippen MR) is 81.7 cm³/mol. The fraction of sp³-hybridized carbons (Fsp3) is 0. The Morgan fingerprint density at radius 2 is 1.52 bits per heavy atom. The lowest BCUT2D eigenvalue weighted by Crippen LogP contribution is -2.15. The van der Waals surface area contributed by atoms with Gasteiger partial charge in [-0.05, 0) is 30.3 Å². The Morgan fingerprint density at radius 3 is 2.04 bits per heavy atom. The van der Waals surface area contributed by atoms with Crippen LogP contribution in [0.25, 0.3) is 0 Å². The summed E-state index contributed by atoms with van der Waals surface area (Å²) >= 11 is 0. The maximum atomic E-state index is 12.2. The first-order valence-electron chi connectivity index (χ1n) is 6.00. The van der Waals surface area contributed by atoms with Crippen LogP contribution in [-0.4, -0.2) is 21.8 Å². The Balaban J connectivity index is 2.32. The van der Waals surface area contributed by atoms with E-state index in [2.05, 4.69) is 4.72 Å². The normalized spacial score (nSPS) is 11.9. The van der Waals surface area contributed by atoms with Crippen molar-refractivity contribution in [3.8, 4) is 0 Å². The monoisotopic (exact) mass is 357 g/mol. The summed E-state index contributed by atoms with van der Waals surface area (Å²) in [5, 5.41) is 15.6. The number of hydrogen-bond acceptors (Lipinski definition) is 6. The summed E-state index contributed by atoms with van der Waals surface area (Å²) in [6.45, 7) is 0. The van der Waals surface area contributed by atoms with Crippen molar-refractivity contribution in [2.24, 2.45) is 5.14 Å². The molecule has 0 saturated carbocycles. The number of sulfonamides is 2. The second-order valence-corrected chi connectivity index (χ2v) is 7.67. The summed E-state index contributed by atoms with van der Waals surface area (Å²) in [5.41, 5.74) is -0.260. The summed E-state index contributed by atoms with van der Waals surface area (Å²) in [5.74, 6) is 0. The average molecular weight is 357 g/mol. The molecule has 0 aliphatic heterocycles. The zero-order valence-corrected chi connectivity index (χ0v) is 13.0. The third-order valence-corrected chi connectivity index (χ3v) is 5.10. The first-order chi connectivity index (χ1) is 10.6. The molecule has 9 nitrogen and oxygen atoms in total. The molecule has 0 aromatic heterocycles. The van der Waals surface area contributed by atoms with Gasteiger partial charge in [-0.1, -0.05) is 6.07 Å². The zero-order chi connectivity index (χ0) is 17.3. The van der Waals surface area contributed by atoms with Gasteiger partial charge in [0.25, 0.3) is 15.7 Å². The number of hydrogen-bond donors (Lipinski definition) is 2. The minimum atomic E-state index is -4.03. The van der Waals surface area contributed by atoms with Crippen molar-refractivity contribution in [3.05, 3.63) is 58.6 Å². The molecule has 0 fully saturated rings. The second kappa shape index (κ2) is 5.95. The molecule has 0 aliphatic rings. The van der Waals surface area contributed by atoms with Gasteiger partial charge < -0.3 is 0 Å². The number of nitro groups is 1. The number of anilines is 1. The highest BCUT2D eigenvalue weighted by Crippen LogP contribution is 2.21. The first-order valence-corrected chi connectivity index (χ1v) is 9.03. The highest BCUT2D eigenvalue weighted by atomic mass is 32.2. The van der Waals surface area contributed by atoms with E-state index in [-0.39, 0.29) is 21.2 Å². The molecule has 0 bridgehead atoms. The van der Waals surface area contributed by atoms with Crippen molar-refractivity contribution < 1.29 is 21.8 Å². The molecule has 0 amide bonds. The number of nitrogens with two attached hydrogens (primary N) is 1. The quantitative estimate of drug-likeness (QED) is 0.603. The van der Waals surface area contributed by atoms with E-state index >= 15 is 0 Å². The van der Waals surface area contributed by atoms with Gasteiger partial charge in [0.2, 0.25) is 10.0 Å². The fourth-order valence-electron chi connectivity index (χ4n) is 1.71. The number of benzene rings is 2. The van der Waals surface area contributed by atoms with E-state index in [4.69, 9.17) is 5.14 Å². The van der Waals surface area contributed by atoms with E-state index in [1.807, 2.05) is 0 Å². The van der Waals surface area contributed by atoms with Crippen LogP contribution >= 0.6 is 0 Å². The van der Waals surface area contributed by atoms with Gasteiger partial charge in [0.1, 0.15) is 0 Å². The van der Waals surface area contributed by atoms with Crippen LogP contribution in [0.4, 0.5) is 11.4 Å². The van der Waals surface area contributed by atoms with E-state index in [1.54, 1.807) is 0 Å². The minimum absolute atomic E-state index is 0.00900. The summed E-state index contributed by atoms with van der Waals surface area (Å²) < 4.78 is 48.8. The number of non-ortho nitro benzene ring substituents is 1. The summed E-state index contributed by atoms with van der Waals surface area (Å²) in [7, 11) is -7.96. The molecule has 2 aromatic rings. The number of nitro benzene ring substituents is 1. The van der Waals surface area contributed by atoms with Gasteiger partial charge in [-0.25, -0.2) is 22.0 Å². The van der Waals surface area contributed by atoms with Crippen molar-refractivity contribution in [2.75, 3.05) is 4.72 Å². The smallest absolute Gasteiger partial charge is 0.271 e. The molecule has 122 valence electrons. The number of nitrogens with one attached hydrogen (secondary N) is 1. The topological polar surface area (TPSA) is 149 Å². The summed E-state index contributed by atoms with van der Waals surface area (Å²) in [6.07, 6.45) is 0. The van der Waals surface area contributed by atoms with E-state index < -0.39 is 25.0 Å². The van der Waals surface area contributed by atoms with Crippen molar-refractivity contribution in [3.63, 3.8) is 0 Å². The molecule has 23 heavy (non-hydrogen) atoms. The molecule has 3 N–H and O–H groups in total. The molecule has 0 saturated heterocycles. The van der Waals surface area contributed by atoms with E-state index in [1.165, 1.54) is 18.2 Å². The van der Waals surface area contributed by atoms with Crippen molar-refractivity contribution in [2.45, 2.75) is 9.79 Å². The van der Waals surface area contributed by atoms with Crippen LogP contribution in [0.15, 0.2) is 58.3 Å². The van der Waals surface area contributed by atoms with Crippen LogP contribution in [0.5, 0.6) is 0 Å². The van der Waals surface area contributed by atoms with Gasteiger partial charge in [-0.15, -0.1) is 0 Å². The van der Waals surface area contributed by atoms with Gasteiger partial charge in [-0.2, -0.15) is 0 Å². The molecule has 0 heterocycles. The minimum Gasteiger partial charge on any atom is -0.279 e. The number of rotatable bonds is 5. The van der Waals surface area contributed by atoms with Crippen LogP contribution in [0.2, 0.25) is 0 Å². The summed E-state index contributed by atoms with van der Waals surface area (Å²) in [4.78, 5) is 9.58. The Bertz CT molecular complexity index is 953. The zero-order valence-electron chi connectivity index (χ0n) is 11.4. The Kier molecular flexibility index (Phi) is 4.36. The van der Waals surface area contributed by atoms with E-state index in [0.29, 0.717) is 0 Å². The third-order valence-electron chi connectivity index (χ3n) is 2.77. The lowest BCUT2D eigenvalue weighted by molar-refractivity contribution is -0.384. The van der Waals surface area contributed by atoms with Gasteiger partial charge in [0.05, 0.1) is 20.4 Å². The predicted octanol–water partition coefficient (Wildman–Crippen LogP) is 1.04. The van der Waals surface area contributed by atoms with Gasteiger partial charge in [0, 0.05) is 12.1 Å². The number of primary sulfonamides is 1. The van der Waals surface area contributed by atoms with E-state index in [0.717, 1.165) is 30.3 Å². The maximum absolute atomic E-state index is 12.2. The Labute approximate surface area is 132 Å². The van der Waals surface area contributed by atoms with Gasteiger partial charge in [0.15, 0.2) is 0 Å². The van der Waals surface area contributed by atoms with Crippen LogP contribution in [0.3, 0.4) is 0 Å². The number of nitrogens with zero attached hydrogens (tertiary/aromatic N) is 1. The SMILES string of the molecule is NS(=O)(=O)c1ccc(S(=O)(=O)Nc2cccc([N+](=O)[O-])c2)cc1. The lowest BCUT2D eigenvalue weighted by Gasteiger charge is -2.08. The van der Waals surface area contributed by atoms with Gasteiger partial charge in [-0.3, -0.25) is 14.8 Å². The van der Waals surface area contributed by atoms with Crippen molar-refractivity contribution in [1.29, 1.82) is 0 Å². The molecule has 0 aliphatic carbocycles. The van der Waals surface area contributed by atoms with Crippen LogP contribution < -0.4 is 9.86 Å². The maximum Gasteiger partial charge on any atom is 0.271 e. The molecule has 0 spiro atoms. The van der Waals surface area contributed by atoms with Crippen molar-refractivity contribution in [1.82, 2.24) is 0 Å². The molecule has 0 unspecified atom stereocenters. The Morgan fingerprint density at radius 1 is 0.957 bits per heavy atom. The average Bonchev–Trinajstić information content (AvgIpc) is 2.46. The molecule has 2 aromatic carbocycles. The highest BCUT2D eigenvalue weighted by Gasteiger charge is 2.17. The molecular formula is C12H11N3O6S2.